The van der Waals surface area contributed by atoms with Gasteiger partial charge < -0.3 is 19.7 Å². The highest BCUT2D eigenvalue weighted by molar-refractivity contribution is 5.95. The molecule has 1 N–H and O–H groups in total. The molecule has 0 radical (unpaired) electrons. The Kier molecular flexibility index (Phi) is 5.68. The van der Waals surface area contributed by atoms with Crippen molar-refractivity contribution in [1.82, 2.24) is 4.90 Å². The predicted octanol–water partition coefficient (Wildman–Crippen LogP) is 3.33. The number of carbonyl (C=O) groups excluding carboxylic acids is 1. The van der Waals surface area contributed by atoms with Crippen molar-refractivity contribution in [2.75, 3.05) is 33.6 Å². The SMILES string of the molecule is COc1cc(CNc2cc(C(=O)N(C)C)ccc2OC)ccc1C. The van der Waals surface area contributed by atoms with E-state index in [2.05, 4.69) is 5.32 Å². The monoisotopic (exact) mass is 328 g/mol. The number of hydrogen-bond acceptors (Lipinski definition) is 4. The van der Waals surface area contributed by atoms with Crippen molar-refractivity contribution >= 4 is 11.6 Å². The second-order valence-electron chi connectivity index (χ2n) is 5.77. The maximum absolute atomic E-state index is 12.1. The summed E-state index contributed by atoms with van der Waals surface area (Å²) in [6.07, 6.45) is 0. The number of aryl methyl sites for hydroxylation is 1. The van der Waals surface area contributed by atoms with Crippen molar-refractivity contribution in [2.24, 2.45) is 0 Å². The number of methoxy groups -OCH3 is 2. The third-order valence-corrected chi connectivity index (χ3v) is 3.81. The van der Waals surface area contributed by atoms with E-state index in [4.69, 9.17) is 9.47 Å². The molecule has 24 heavy (non-hydrogen) atoms. The highest BCUT2D eigenvalue weighted by atomic mass is 16.5. The van der Waals surface area contributed by atoms with Gasteiger partial charge in [-0.1, -0.05) is 12.1 Å². The molecule has 0 aliphatic rings. The van der Waals surface area contributed by atoms with E-state index in [1.807, 2.05) is 31.2 Å². The van der Waals surface area contributed by atoms with Gasteiger partial charge in [0.15, 0.2) is 0 Å². The minimum Gasteiger partial charge on any atom is -0.496 e. The van der Waals surface area contributed by atoms with Crippen molar-refractivity contribution in [3.8, 4) is 11.5 Å². The molecule has 0 heterocycles. The van der Waals surface area contributed by atoms with Crippen LogP contribution in [0.15, 0.2) is 36.4 Å². The van der Waals surface area contributed by atoms with Crippen LogP contribution in [0.1, 0.15) is 21.5 Å². The lowest BCUT2D eigenvalue weighted by Crippen LogP contribution is -2.21. The third-order valence-electron chi connectivity index (χ3n) is 3.81. The minimum absolute atomic E-state index is 0.0438. The molecule has 0 saturated heterocycles. The second-order valence-corrected chi connectivity index (χ2v) is 5.77. The van der Waals surface area contributed by atoms with Gasteiger partial charge in [0.1, 0.15) is 11.5 Å². The number of amides is 1. The summed E-state index contributed by atoms with van der Waals surface area (Å²) in [5, 5.41) is 3.33. The molecule has 0 bridgehead atoms. The first-order valence-corrected chi connectivity index (χ1v) is 7.73. The molecular formula is C19H24N2O3. The maximum atomic E-state index is 12.1. The third kappa shape index (κ3) is 3.98. The molecule has 5 heteroatoms. The molecule has 1 amide bonds. The molecule has 128 valence electrons. The Morgan fingerprint density at radius 3 is 2.38 bits per heavy atom. The molecule has 0 aliphatic carbocycles. The number of benzene rings is 2. The summed E-state index contributed by atoms with van der Waals surface area (Å²) < 4.78 is 10.7. The zero-order valence-electron chi connectivity index (χ0n) is 14.8. The summed E-state index contributed by atoms with van der Waals surface area (Å²) in [6.45, 7) is 2.61. The van der Waals surface area contributed by atoms with Crippen molar-refractivity contribution in [1.29, 1.82) is 0 Å². The molecule has 0 atom stereocenters. The fourth-order valence-corrected chi connectivity index (χ4v) is 2.41. The second kappa shape index (κ2) is 7.73. The standard InChI is InChI=1S/C19H24N2O3/c1-13-6-7-14(10-18(13)24-5)12-20-16-11-15(19(22)21(2)3)8-9-17(16)23-4/h6-11,20H,12H2,1-5H3. The highest BCUT2D eigenvalue weighted by Crippen LogP contribution is 2.27. The molecule has 2 aromatic carbocycles. The molecule has 0 aromatic heterocycles. The van der Waals surface area contributed by atoms with Crippen LogP contribution in [0.25, 0.3) is 0 Å². The number of hydrogen-bond donors (Lipinski definition) is 1. The molecule has 2 rings (SSSR count). The lowest BCUT2D eigenvalue weighted by molar-refractivity contribution is 0.0827. The van der Waals surface area contributed by atoms with Gasteiger partial charge in [-0.25, -0.2) is 0 Å². The van der Waals surface area contributed by atoms with Crippen LogP contribution in [0.3, 0.4) is 0 Å². The number of nitrogens with one attached hydrogen (secondary N) is 1. The molecule has 0 saturated carbocycles. The van der Waals surface area contributed by atoms with Crippen molar-refractivity contribution < 1.29 is 14.3 Å². The molecule has 0 unspecified atom stereocenters. The lowest BCUT2D eigenvalue weighted by Gasteiger charge is -2.15. The number of rotatable bonds is 6. The van der Waals surface area contributed by atoms with Gasteiger partial charge in [0, 0.05) is 26.2 Å². The van der Waals surface area contributed by atoms with E-state index in [0.717, 1.165) is 22.6 Å². The van der Waals surface area contributed by atoms with Gasteiger partial charge in [0.25, 0.3) is 5.91 Å². The van der Waals surface area contributed by atoms with Crippen LogP contribution in [0.2, 0.25) is 0 Å². The Morgan fingerprint density at radius 2 is 1.75 bits per heavy atom. The smallest absolute Gasteiger partial charge is 0.253 e. The number of nitrogens with zero attached hydrogens (tertiary/aromatic N) is 1. The van der Waals surface area contributed by atoms with E-state index in [0.29, 0.717) is 17.9 Å². The van der Waals surface area contributed by atoms with Crippen LogP contribution in [-0.2, 0) is 6.54 Å². The number of carbonyl (C=O) groups is 1. The van der Waals surface area contributed by atoms with Crippen LogP contribution in [-0.4, -0.2) is 39.1 Å². The van der Waals surface area contributed by atoms with Crippen LogP contribution in [0.5, 0.6) is 11.5 Å². The van der Waals surface area contributed by atoms with E-state index in [9.17, 15) is 4.79 Å². The van der Waals surface area contributed by atoms with Gasteiger partial charge >= 0.3 is 0 Å². The zero-order valence-corrected chi connectivity index (χ0v) is 14.8. The molecule has 0 spiro atoms. The largest absolute Gasteiger partial charge is 0.496 e. The first-order valence-electron chi connectivity index (χ1n) is 7.73. The normalized spacial score (nSPS) is 10.2. The van der Waals surface area contributed by atoms with E-state index in [-0.39, 0.29) is 5.91 Å². The highest BCUT2D eigenvalue weighted by Gasteiger charge is 2.12. The fraction of sp³-hybridized carbons (Fsp3) is 0.316. The van der Waals surface area contributed by atoms with Crippen LogP contribution in [0.4, 0.5) is 5.69 Å². The first kappa shape index (κ1) is 17.7. The van der Waals surface area contributed by atoms with Crippen LogP contribution < -0.4 is 14.8 Å². The van der Waals surface area contributed by atoms with Crippen molar-refractivity contribution in [3.63, 3.8) is 0 Å². The Labute approximate surface area is 143 Å². The minimum atomic E-state index is -0.0438. The number of anilines is 1. The molecule has 5 nitrogen and oxygen atoms in total. The topological polar surface area (TPSA) is 50.8 Å². The molecule has 0 aliphatic heterocycles. The Bertz CT molecular complexity index is 727. The van der Waals surface area contributed by atoms with Crippen molar-refractivity contribution in [3.05, 3.63) is 53.1 Å². The van der Waals surface area contributed by atoms with Crippen LogP contribution in [0, 0.1) is 6.92 Å². The lowest BCUT2D eigenvalue weighted by atomic mass is 10.1. The summed E-state index contributed by atoms with van der Waals surface area (Å²) in [6, 6.07) is 11.5. The zero-order chi connectivity index (χ0) is 17.7. The van der Waals surface area contributed by atoms with Gasteiger partial charge in [-0.15, -0.1) is 0 Å². The summed E-state index contributed by atoms with van der Waals surface area (Å²) >= 11 is 0. The fourth-order valence-electron chi connectivity index (χ4n) is 2.41. The molecule has 2 aromatic rings. The van der Waals surface area contributed by atoms with E-state index in [1.54, 1.807) is 45.3 Å². The van der Waals surface area contributed by atoms with E-state index < -0.39 is 0 Å². The van der Waals surface area contributed by atoms with Gasteiger partial charge in [-0.3, -0.25) is 4.79 Å². The van der Waals surface area contributed by atoms with Gasteiger partial charge in [0.05, 0.1) is 19.9 Å². The van der Waals surface area contributed by atoms with Gasteiger partial charge in [-0.05, 0) is 42.3 Å². The Hall–Kier alpha value is -2.69. The van der Waals surface area contributed by atoms with Crippen LogP contribution >= 0.6 is 0 Å². The average Bonchev–Trinajstić information content (AvgIpc) is 2.59. The van der Waals surface area contributed by atoms with E-state index >= 15 is 0 Å². The van der Waals surface area contributed by atoms with Gasteiger partial charge in [0.2, 0.25) is 0 Å². The first-order chi connectivity index (χ1) is 11.5. The predicted molar refractivity (Wildman–Crippen MR) is 96.1 cm³/mol. The van der Waals surface area contributed by atoms with Crippen molar-refractivity contribution in [2.45, 2.75) is 13.5 Å². The summed E-state index contributed by atoms with van der Waals surface area (Å²) in [7, 11) is 6.75. The summed E-state index contributed by atoms with van der Waals surface area (Å²) in [5.41, 5.74) is 3.58. The summed E-state index contributed by atoms with van der Waals surface area (Å²) in [4.78, 5) is 13.7. The summed E-state index contributed by atoms with van der Waals surface area (Å²) in [5.74, 6) is 1.51. The average molecular weight is 328 g/mol. The van der Waals surface area contributed by atoms with E-state index in [1.165, 1.54) is 0 Å². The number of ether oxygens (including phenoxy) is 2. The quantitative estimate of drug-likeness (QED) is 0.884. The Morgan fingerprint density at radius 1 is 1.04 bits per heavy atom. The van der Waals surface area contributed by atoms with Gasteiger partial charge in [-0.2, -0.15) is 0 Å². The molecular weight excluding hydrogens is 304 g/mol. The Balaban J connectivity index is 2.21. The molecule has 0 fully saturated rings. The maximum Gasteiger partial charge on any atom is 0.253 e.